The van der Waals surface area contributed by atoms with E-state index >= 15 is 0 Å². The number of rotatable bonds is 7. The van der Waals surface area contributed by atoms with E-state index in [4.69, 9.17) is 16.3 Å². The summed E-state index contributed by atoms with van der Waals surface area (Å²) < 4.78 is 7.41. The Bertz CT molecular complexity index is 858. The van der Waals surface area contributed by atoms with Crippen LogP contribution in [0.4, 0.5) is 0 Å². The first-order chi connectivity index (χ1) is 12.6. The Morgan fingerprint density at radius 2 is 2.12 bits per heavy atom. The van der Waals surface area contributed by atoms with Gasteiger partial charge >= 0.3 is 0 Å². The average molecular weight is 371 g/mol. The van der Waals surface area contributed by atoms with Crippen LogP contribution in [-0.4, -0.2) is 39.4 Å². The van der Waals surface area contributed by atoms with Crippen LogP contribution >= 0.6 is 11.6 Å². The van der Waals surface area contributed by atoms with Gasteiger partial charge in [0.1, 0.15) is 23.7 Å². The smallest absolute Gasteiger partial charge is 0.272 e. The first kappa shape index (κ1) is 17.9. The van der Waals surface area contributed by atoms with Crippen LogP contribution in [-0.2, 0) is 13.2 Å². The first-order valence-corrected chi connectivity index (χ1v) is 8.52. The van der Waals surface area contributed by atoms with Crippen molar-refractivity contribution in [1.29, 1.82) is 0 Å². The van der Waals surface area contributed by atoms with E-state index < -0.39 is 0 Å². The number of nitrogens with zero attached hydrogens (tertiary/aromatic N) is 4. The van der Waals surface area contributed by atoms with Crippen LogP contribution in [0.3, 0.4) is 0 Å². The Labute approximate surface area is 157 Å². The number of carbonyl (C=O) groups excluding carboxylic acids is 1. The third-order valence-electron chi connectivity index (χ3n) is 3.95. The Kier molecular flexibility index (Phi) is 5.53. The lowest BCUT2D eigenvalue weighted by Crippen LogP contribution is -2.43. The summed E-state index contributed by atoms with van der Waals surface area (Å²) in [5.74, 6) is 0.640. The maximum atomic E-state index is 12.7. The zero-order valence-electron chi connectivity index (χ0n) is 14.3. The van der Waals surface area contributed by atoms with Gasteiger partial charge in [-0.3, -0.25) is 14.5 Å². The summed E-state index contributed by atoms with van der Waals surface area (Å²) in [6.45, 7) is 8.95. The highest BCUT2D eigenvalue weighted by molar-refractivity contribution is 6.43. The normalized spacial score (nSPS) is 14.1. The Morgan fingerprint density at radius 3 is 2.81 bits per heavy atom. The van der Waals surface area contributed by atoms with E-state index in [0.717, 1.165) is 5.75 Å². The summed E-state index contributed by atoms with van der Waals surface area (Å²) >= 11 is 5.95. The molecule has 1 aliphatic rings. The molecule has 1 aromatic carbocycles. The Hall–Kier alpha value is -2.86. The largest absolute Gasteiger partial charge is 0.487 e. The third kappa shape index (κ3) is 4.03. The van der Waals surface area contributed by atoms with Gasteiger partial charge in [-0.1, -0.05) is 43.0 Å². The highest BCUT2D eigenvalue weighted by Gasteiger charge is 2.27. The Balaban J connectivity index is 1.70. The fourth-order valence-corrected chi connectivity index (χ4v) is 2.78. The first-order valence-electron chi connectivity index (χ1n) is 8.14. The molecule has 0 saturated heterocycles. The molecule has 0 N–H and O–H groups in total. The summed E-state index contributed by atoms with van der Waals surface area (Å²) in [6, 6.07) is 11.3. The number of benzene rings is 1. The van der Waals surface area contributed by atoms with Gasteiger partial charge in [0.25, 0.3) is 5.91 Å². The molecule has 0 atom stereocenters. The van der Waals surface area contributed by atoms with Crippen LogP contribution < -0.4 is 4.74 Å². The van der Waals surface area contributed by atoms with Gasteiger partial charge in [0, 0.05) is 12.7 Å². The fourth-order valence-electron chi connectivity index (χ4n) is 2.67. The molecular formula is C19H19ClN4O2. The fraction of sp³-hybridized carbons (Fsp3) is 0.211. The van der Waals surface area contributed by atoms with E-state index in [1.165, 1.54) is 6.20 Å². The van der Waals surface area contributed by atoms with Gasteiger partial charge in [-0.05, 0) is 18.2 Å². The summed E-state index contributed by atoms with van der Waals surface area (Å²) in [7, 11) is 0. The summed E-state index contributed by atoms with van der Waals surface area (Å²) in [5, 5.41) is 4.76. The standard InChI is InChI=1S/C19H19ClN4O2/c1-3-21-17(14(2)20)12-23-9-10-24-18(19(23)25)11-15(22-24)13-26-16-7-5-4-6-8-16/h3-8,11H,1-2,9-10,12-13H2. The minimum absolute atomic E-state index is 0.121. The molecule has 0 unspecified atom stereocenters. The number of aromatic nitrogens is 2. The number of aliphatic imine (C=N–C) groups is 1. The van der Waals surface area contributed by atoms with Gasteiger partial charge in [0.15, 0.2) is 0 Å². The molecule has 7 heteroatoms. The molecule has 0 radical (unpaired) electrons. The van der Waals surface area contributed by atoms with Crippen LogP contribution in [0.25, 0.3) is 0 Å². The van der Waals surface area contributed by atoms with Crippen molar-refractivity contribution in [2.45, 2.75) is 13.2 Å². The highest BCUT2D eigenvalue weighted by atomic mass is 35.5. The van der Waals surface area contributed by atoms with Crippen molar-refractivity contribution in [3.8, 4) is 5.75 Å². The zero-order chi connectivity index (χ0) is 18.5. The molecule has 6 nitrogen and oxygen atoms in total. The quantitative estimate of drug-likeness (QED) is 0.703. The van der Waals surface area contributed by atoms with Gasteiger partial charge in [-0.25, -0.2) is 0 Å². The van der Waals surface area contributed by atoms with Crippen molar-refractivity contribution in [1.82, 2.24) is 14.7 Å². The summed E-state index contributed by atoms with van der Waals surface area (Å²) in [4.78, 5) is 18.5. The lowest BCUT2D eigenvalue weighted by Gasteiger charge is -2.27. The van der Waals surface area contributed by atoms with Gasteiger partial charge in [0.2, 0.25) is 0 Å². The second-order valence-electron chi connectivity index (χ2n) is 5.74. The van der Waals surface area contributed by atoms with Crippen molar-refractivity contribution in [2.75, 3.05) is 13.1 Å². The topological polar surface area (TPSA) is 59.7 Å². The summed E-state index contributed by atoms with van der Waals surface area (Å²) in [5.41, 5.74) is 1.76. The SMILES string of the molecule is C=CN=C(CN1CCn2nc(COc3ccccc3)cc2C1=O)C(=C)Cl. The molecule has 0 spiro atoms. The zero-order valence-corrected chi connectivity index (χ0v) is 15.0. The molecule has 0 saturated carbocycles. The van der Waals surface area contributed by atoms with Gasteiger partial charge in [0.05, 0.1) is 23.8 Å². The minimum Gasteiger partial charge on any atom is -0.487 e. The monoisotopic (exact) mass is 370 g/mol. The second kappa shape index (κ2) is 8.01. The van der Waals surface area contributed by atoms with Crippen LogP contribution in [0.2, 0.25) is 0 Å². The maximum absolute atomic E-state index is 12.7. The second-order valence-corrected chi connectivity index (χ2v) is 6.19. The van der Waals surface area contributed by atoms with E-state index in [2.05, 4.69) is 23.2 Å². The van der Waals surface area contributed by atoms with Crippen molar-refractivity contribution in [3.05, 3.63) is 72.2 Å². The van der Waals surface area contributed by atoms with Crippen molar-refractivity contribution < 1.29 is 9.53 Å². The lowest BCUT2D eigenvalue weighted by atomic mass is 10.2. The molecule has 26 heavy (non-hydrogen) atoms. The number of ether oxygens (including phenoxy) is 1. The van der Waals surface area contributed by atoms with Crippen LogP contribution in [0.5, 0.6) is 5.75 Å². The molecule has 134 valence electrons. The molecule has 1 amide bonds. The highest BCUT2D eigenvalue weighted by Crippen LogP contribution is 2.17. The van der Waals surface area contributed by atoms with E-state index in [9.17, 15) is 4.79 Å². The number of hydrogen-bond donors (Lipinski definition) is 0. The lowest BCUT2D eigenvalue weighted by molar-refractivity contribution is 0.0725. The predicted octanol–water partition coefficient (Wildman–Crippen LogP) is 3.25. The molecule has 2 heterocycles. The van der Waals surface area contributed by atoms with E-state index in [-0.39, 0.29) is 12.5 Å². The molecule has 1 aromatic heterocycles. The third-order valence-corrected chi connectivity index (χ3v) is 4.17. The van der Waals surface area contributed by atoms with Gasteiger partial charge in [-0.15, -0.1) is 0 Å². The van der Waals surface area contributed by atoms with Gasteiger partial charge < -0.3 is 9.64 Å². The molecule has 3 rings (SSSR count). The van der Waals surface area contributed by atoms with Crippen LogP contribution in [0, 0.1) is 0 Å². The number of carbonyl (C=O) groups is 1. The van der Waals surface area contributed by atoms with Crippen LogP contribution in [0.1, 0.15) is 16.2 Å². The number of fused-ring (bicyclic) bond motifs is 1. The van der Waals surface area contributed by atoms with Crippen molar-refractivity contribution in [3.63, 3.8) is 0 Å². The minimum atomic E-state index is -0.121. The maximum Gasteiger partial charge on any atom is 0.272 e. The van der Waals surface area contributed by atoms with E-state index in [1.807, 2.05) is 30.3 Å². The molecule has 1 aliphatic heterocycles. The predicted molar refractivity (Wildman–Crippen MR) is 102 cm³/mol. The molecule has 2 aromatic rings. The van der Waals surface area contributed by atoms with E-state index in [1.54, 1.807) is 15.6 Å². The van der Waals surface area contributed by atoms with Crippen molar-refractivity contribution >= 4 is 23.2 Å². The van der Waals surface area contributed by atoms with Gasteiger partial charge in [-0.2, -0.15) is 5.10 Å². The number of hydrogen-bond acceptors (Lipinski definition) is 4. The number of amides is 1. The average Bonchev–Trinajstić information content (AvgIpc) is 3.06. The van der Waals surface area contributed by atoms with Crippen molar-refractivity contribution in [2.24, 2.45) is 4.99 Å². The summed E-state index contributed by atoms with van der Waals surface area (Å²) in [6.07, 6.45) is 1.39. The molecule has 0 bridgehead atoms. The van der Waals surface area contributed by atoms with E-state index in [0.29, 0.717) is 41.8 Å². The molecule has 0 fully saturated rings. The Morgan fingerprint density at radius 1 is 1.35 bits per heavy atom. The number of halogens is 1. The molecular weight excluding hydrogens is 352 g/mol. The number of para-hydroxylation sites is 1. The molecule has 0 aliphatic carbocycles. The van der Waals surface area contributed by atoms with Crippen LogP contribution in [0.15, 0.2) is 65.8 Å².